The number of likely N-dealkylation sites (N-methyl/N-ethyl adjacent to an activating group) is 1. The summed E-state index contributed by atoms with van der Waals surface area (Å²) >= 11 is 0. The Kier molecular flexibility index (Phi) is 4.61. The summed E-state index contributed by atoms with van der Waals surface area (Å²) in [5, 5.41) is 0. The van der Waals surface area contributed by atoms with Crippen LogP contribution in [0.2, 0.25) is 0 Å². The molecule has 0 amide bonds. The second kappa shape index (κ2) is 5.01. The normalized spacial score (nSPS) is 11.1. The molecule has 0 aliphatic carbocycles. The van der Waals surface area contributed by atoms with Gasteiger partial charge in [0.25, 0.3) is 7.05 Å². The number of hydrogen-bond acceptors (Lipinski definition) is 1. The van der Waals surface area contributed by atoms with Gasteiger partial charge in [-0.15, -0.1) is 0 Å². The van der Waals surface area contributed by atoms with Gasteiger partial charge in [0.15, 0.2) is 0 Å². The van der Waals surface area contributed by atoms with Gasteiger partial charge in [-0.25, -0.2) is 0 Å². The summed E-state index contributed by atoms with van der Waals surface area (Å²) < 4.78 is 0. The van der Waals surface area contributed by atoms with E-state index in [1.165, 1.54) is 0 Å². The first-order valence-corrected chi connectivity index (χ1v) is 3.35. The smallest absolute Gasteiger partial charge is 0.304 e. The van der Waals surface area contributed by atoms with Crippen molar-refractivity contribution in [3.63, 3.8) is 0 Å². The second-order valence-corrected chi connectivity index (χ2v) is 2.39. The van der Waals surface area contributed by atoms with Gasteiger partial charge < -0.3 is 4.90 Å². The highest BCUT2D eigenvalue weighted by Gasteiger charge is 1.98. The van der Waals surface area contributed by atoms with E-state index < -0.39 is 0 Å². The molecule has 0 aliphatic rings. The zero-order valence-corrected chi connectivity index (χ0v) is 7.18. The van der Waals surface area contributed by atoms with Crippen molar-refractivity contribution >= 4 is 0 Å². The first-order valence-electron chi connectivity index (χ1n) is 3.35. The van der Waals surface area contributed by atoms with Crippen molar-refractivity contribution in [1.29, 1.82) is 0 Å². The van der Waals surface area contributed by atoms with Crippen molar-refractivity contribution in [2.24, 2.45) is 0 Å². The van der Waals surface area contributed by atoms with Crippen LogP contribution in [0.25, 0.3) is 4.85 Å². The van der Waals surface area contributed by atoms with Crippen molar-refractivity contribution in [2.45, 2.75) is 6.92 Å². The molecule has 0 aromatic carbocycles. The predicted octanol–water partition coefficient (Wildman–Crippen LogP) is 1.46. The van der Waals surface area contributed by atoms with E-state index in [0.29, 0.717) is 0 Å². The first kappa shape index (κ1) is 9.19. The lowest BCUT2D eigenvalue weighted by Crippen LogP contribution is -2.14. The van der Waals surface area contributed by atoms with E-state index >= 15 is 0 Å². The Labute approximate surface area is 63.0 Å². The van der Waals surface area contributed by atoms with Gasteiger partial charge in [0.1, 0.15) is 0 Å². The van der Waals surface area contributed by atoms with Crippen molar-refractivity contribution < 1.29 is 0 Å². The summed E-state index contributed by atoms with van der Waals surface area (Å²) in [6.07, 6.45) is 2.02. The summed E-state index contributed by atoms with van der Waals surface area (Å²) in [5.74, 6) is 0. The van der Waals surface area contributed by atoms with Crippen molar-refractivity contribution in [2.75, 3.05) is 27.7 Å². The van der Waals surface area contributed by atoms with Gasteiger partial charge in [-0.3, -0.25) is 0 Å². The molecule has 56 valence electrons. The maximum Gasteiger partial charge on any atom is 0.307 e. The number of rotatable bonds is 2. The van der Waals surface area contributed by atoms with E-state index in [2.05, 4.69) is 15.8 Å². The van der Waals surface area contributed by atoms with E-state index in [-0.39, 0.29) is 0 Å². The van der Waals surface area contributed by atoms with Gasteiger partial charge in [0, 0.05) is 6.54 Å². The molecule has 0 aliphatic heterocycles. The number of allylic oxidation sites excluding steroid dienone is 1. The largest absolute Gasteiger partial charge is 0.307 e. The van der Waals surface area contributed by atoms with Gasteiger partial charge >= 0.3 is 6.07 Å². The maximum atomic E-state index is 3.81. The summed E-state index contributed by atoms with van der Waals surface area (Å²) in [5.41, 5.74) is 1.13. The molecule has 0 fully saturated rings. The average Bonchev–Trinajstić information content (AvgIpc) is 1.86. The van der Waals surface area contributed by atoms with Crippen LogP contribution in [0.4, 0.5) is 0 Å². The Morgan fingerprint density at radius 3 is 2.50 bits per heavy atom. The van der Waals surface area contributed by atoms with Crippen LogP contribution in [-0.2, 0) is 0 Å². The molecule has 0 unspecified atom stereocenters. The fourth-order valence-electron chi connectivity index (χ4n) is 0.675. The molecule has 0 rings (SSSR count). The third kappa shape index (κ3) is 4.11. The summed E-state index contributed by atoms with van der Waals surface area (Å²) in [4.78, 5) is 5.91. The molecule has 0 aromatic rings. The Hall–Kier alpha value is -0.810. The van der Waals surface area contributed by atoms with Crippen molar-refractivity contribution in [1.82, 2.24) is 4.90 Å². The fraction of sp³-hybridized carbons (Fsp3) is 0.625. The SMILES string of the molecule is C/C=C(/C#[N+]C)CN(C)C. The molecule has 0 saturated carbocycles. The highest BCUT2D eigenvalue weighted by atomic mass is 15.0. The minimum Gasteiger partial charge on any atom is -0.304 e. The Balaban J connectivity index is 3.94. The lowest BCUT2D eigenvalue weighted by atomic mass is 10.3. The summed E-state index contributed by atoms with van der Waals surface area (Å²) in [6.45, 7) is 2.91. The van der Waals surface area contributed by atoms with Crippen LogP contribution >= 0.6 is 0 Å². The van der Waals surface area contributed by atoms with Crippen molar-refractivity contribution in [3.05, 3.63) is 16.5 Å². The van der Waals surface area contributed by atoms with Crippen LogP contribution < -0.4 is 0 Å². The van der Waals surface area contributed by atoms with Gasteiger partial charge in [0.05, 0.1) is 5.57 Å². The molecule has 0 aromatic heterocycles. The van der Waals surface area contributed by atoms with Crippen LogP contribution in [0, 0.1) is 6.07 Å². The Morgan fingerprint density at radius 1 is 1.60 bits per heavy atom. The van der Waals surface area contributed by atoms with Gasteiger partial charge in [-0.05, 0) is 21.0 Å². The standard InChI is InChI=1S/C8H15N2/c1-5-8(6-9-2)7-10(3)4/h5H,7H2,1-4H3/q+1/b8-5-. The van der Waals surface area contributed by atoms with E-state index in [0.717, 1.165) is 12.1 Å². The molecule has 0 radical (unpaired) electrons. The molecule has 2 nitrogen and oxygen atoms in total. The molecule has 0 N–H and O–H groups in total. The first-order chi connectivity index (χ1) is 4.70. The van der Waals surface area contributed by atoms with E-state index in [1.54, 1.807) is 7.05 Å². The summed E-state index contributed by atoms with van der Waals surface area (Å²) in [6, 6.07) is 2.91. The minimum absolute atomic E-state index is 0.911. The lowest BCUT2D eigenvalue weighted by molar-refractivity contribution is 0.450. The topological polar surface area (TPSA) is 7.60 Å². The van der Waals surface area contributed by atoms with Crippen LogP contribution in [0.1, 0.15) is 6.92 Å². The minimum atomic E-state index is 0.911. The highest BCUT2D eigenvalue weighted by Crippen LogP contribution is 1.93. The molecule has 0 bridgehead atoms. The predicted molar refractivity (Wildman–Crippen MR) is 45.5 cm³/mol. The van der Waals surface area contributed by atoms with Gasteiger partial charge in [-0.2, -0.15) is 0 Å². The number of hydrogen-bond donors (Lipinski definition) is 0. The lowest BCUT2D eigenvalue weighted by Gasteiger charge is -2.04. The molecule has 0 saturated heterocycles. The average molecular weight is 139 g/mol. The molecule has 0 heterocycles. The Bertz CT molecular complexity index is 169. The third-order valence-electron chi connectivity index (χ3n) is 1.09. The van der Waals surface area contributed by atoms with Crippen LogP contribution in [0.5, 0.6) is 0 Å². The summed E-state index contributed by atoms with van der Waals surface area (Å²) in [7, 11) is 5.79. The monoisotopic (exact) mass is 139 g/mol. The third-order valence-corrected chi connectivity index (χ3v) is 1.09. The zero-order chi connectivity index (χ0) is 7.98. The molecule has 2 heteroatoms. The van der Waals surface area contributed by atoms with E-state index in [4.69, 9.17) is 0 Å². The van der Waals surface area contributed by atoms with E-state index in [9.17, 15) is 0 Å². The maximum absolute atomic E-state index is 3.81. The molecule has 10 heavy (non-hydrogen) atoms. The molecule has 0 spiro atoms. The second-order valence-electron chi connectivity index (χ2n) is 2.39. The van der Waals surface area contributed by atoms with Crippen molar-refractivity contribution in [3.8, 4) is 6.07 Å². The highest BCUT2D eigenvalue weighted by molar-refractivity contribution is 5.24. The Morgan fingerprint density at radius 2 is 2.20 bits per heavy atom. The molecular weight excluding hydrogens is 124 g/mol. The molecule has 0 atom stereocenters. The molecular formula is C8H15N2+. The fourth-order valence-corrected chi connectivity index (χ4v) is 0.675. The zero-order valence-electron chi connectivity index (χ0n) is 7.18. The van der Waals surface area contributed by atoms with Gasteiger partial charge in [-0.1, -0.05) is 10.9 Å². The quantitative estimate of drug-likeness (QED) is 0.525. The van der Waals surface area contributed by atoms with Crippen LogP contribution in [0.3, 0.4) is 0 Å². The van der Waals surface area contributed by atoms with Crippen LogP contribution in [0.15, 0.2) is 11.6 Å². The number of nitrogens with zero attached hydrogens (tertiary/aromatic N) is 2. The van der Waals surface area contributed by atoms with E-state index in [1.807, 2.05) is 27.1 Å². The van der Waals surface area contributed by atoms with Gasteiger partial charge in [0.2, 0.25) is 0 Å². The van der Waals surface area contributed by atoms with Crippen LogP contribution in [-0.4, -0.2) is 32.6 Å².